The van der Waals surface area contributed by atoms with Gasteiger partial charge in [-0.15, -0.1) is 0 Å². The molecule has 0 aliphatic heterocycles. The van der Waals surface area contributed by atoms with Gasteiger partial charge in [0.2, 0.25) is 5.78 Å². The molecule has 0 amide bonds. The van der Waals surface area contributed by atoms with Gasteiger partial charge in [-0.05, 0) is 54.4 Å². The Morgan fingerprint density at radius 3 is 1.97 bits per heavy atom. The molecule has 0 radical (unpaired) electrons. The fourth-order valence-electron chi connectivity index (χ4n) is 4.73. The van der Waals surface area contributed by atoms with E-state index < -0.39 is 5.97 Å². The Hall–Kier alpha value is -4.64. The first-order chi connectivity index (χ1) is 17.5. The van der Waals surface area contributed by atoms with Crippen LogP contribution >= 0.6 is 0 Å². The molecule has 0 saturated carbocycles. The van der Waals surface area contributed by atoms with Crippen LogP contribution < -0.4 is 0 Å². The van der Waals surface area contributed by atoms with Crippen molar-refractivity contribution >= 4 is 55.4 Å². The van der Waals surface area contributed by atoms with E-state index >= 15 is 0 Å². The predicted molar refractivity (Wildman–Crippen MR) is 143 cm³/mol. The number of hydrogen-bond donors (Lipinski definition) is 0. The highest BCUT2D eigenvalue weighted by Gasteiger charge is 2.16. The van der Waals surface area contributed by atoms with E-state index in [9.17, 15) is 9.59 Å². The highest BCUT2D eigenvalue weighted by atomic mass is 16.5. The molecule has 0 unspecified atom stereocenters. The summed E-state index contributed by atoms with van der Waals surface area (Å²) < 4.78 is 5.37. The summed E-state index contributed by atoms with van der Waals surface area (Å²) in [5.41, 5.74) is 5.63. The van der Waals surface area contributed by atoms with E-state index in [-0.39, 0.29) is 12.4 Å². The van der Waals surface area contributed by atoms with Crippen LogP contribution in [0.1, 0.15) is 31.8 Å². The van der Waals surface area contributed by atoms with Crippen LogP contribution in [0.3, 0.4) is 0 Å². The Kier molecular flexibility index (Phi) is 5.19. The largest absolute Gasteiger partial charge is 0.454 e. The van der Waals surface area contributed by atoms with Crippen LogP contribution in [0.4, 0.5) is 0 Å². The lowest BCUT2D eigenvalue weighted by Crippen LogP contribution is -2.15. The first-order valence-corrected chi connectivity index (χ1v) is 11.8. The van der Waals surface area contributed by atoms with Crippen molar-refractivity contribution in [1.82, 2.24) is 9.97 Å². The molecule has 5 heteroatoms. The van der Waals surface area contributed by atoms with Gasteiger partial charge in [-0.3, -0.25) is 4.79 Å². The minimum atomic E-state index is -0.569. The van der Waals surface area contributed by atoms with Gasteiger partial charge in [0.15, 0.2) is 6.61 Å². The zero-order chi connectivity index (χ0) is 24.8. The smallest absolute Gasteiger partial charge is 0.338 e. The van der Waals surface area contributed by atoms with Crippen LogP contribution in [0.15, 0.2) is 84.9 Å². The van der Waals surface area contributed by atoms with E-state index in [1.165, 1.54) is 0 Å². The number of carbonyl (C=O) groups is 2. The van der Waals surface area contributed by atoms with Crippen LogP contribution in [0.2, 0.25) is 0 Å². The second kappa shape index (κ2) is 8.54. The van der Waals surface area contributed by atoms with Gasteiger partial charge in [-0.2, -0.15) is 0 Å². The molecule has 1 aromatic heterocycles. The Labute approximate surface area is 207 Å². The van der Waals surface area contributed by atoms with E-state index in [1.807, 2.05) is 62.4 Å². The summed E-state index contributed by atoms with van der Waals surface area (Å²) in [6.45, 7) is 3.48. The molecular formula is C31H22N2O3. The summed E-state index contributed by atoms with van der Waals surface area (Å²) in [6.07, 6.45) is 0. The fraction of sp³-hybridized carbons (Fsp3) is 0.0968. The summed E-state index contributed by atoms with van der Waals surface area (Å²) >= 11 is 0. The van der Waals surface area contributed by atoms with Crippen molar-refractivity contribution in [1.29, 1.82) is 0 Å². The standard InChI is InChI=1S/C31H22N2O3/c1-18-11-12-19(2)25(15-18)28(34)17-36-31(35)20-13-14-26-27(16-20)33-30-24-10-6-4-8-22(24)21-7-3-5-9-23(21)29(30)32-26/h3-16H,17H2,1-2H3. The monoisotopic (exact) mass is 470 g/mol. The normalized spacial score (nSPS) is 11.4. The number of aromatic nitrogens is 2. The highest BCUT2D eigenvalue weighted by molar-refractivity contribution is 6.23. The summed E-state index contributed by atoms with van der Waals surface area (Å²) in [7, 11) is 0. The Bertz CT molecular complexity index is 1860. The average molecular weight is 471 g/mol. The number of nitrogens with zero attached hydrogens (tertiary/aromatic N) is 2. The molecule has 0 fully saturated rings. The Morgan fingerprint density at radius 1 is 0.694 bits per heavy atom. The van der Waals surface area contributed by atoms with Gasteiger partial charge in [0, 0.05) is 16.3 Å². The molecule has 0 saturated heterocycles. The van der Waals surface area contributed by atoms with Crippen molar-refractivity contribution in [3.05, 3.63) is 107 Å². The van der Waals surface area contributed by atoms with Crippen LogP contribution in [0, 0.1) is 13.8 Å². The predicted octanol–water partition coefficient (Wildman–Crippen LogP) is 6.75. The number of rotatable bonds is 4. The molecule has 1 heterocycles. The van der Waals surface area contributed by atoms with E-state index in [0.717, 1.165) is 43.7 Å². The molecule has 5 aromatic carbocycles. The maximum atomic E-state index is 12.8. The number of Topliss-reactive ketones (excluding diaryl/α,β-unsaturated/α-hetero) is 1. The van der Waals surface area contributed by atoms with Crippen molar-refractivity contribution in [3.63, 3.8) is 0 Å². The third-order valence-electron chi connectivity index (χ3n) is 6.58. The van der Waals surface area contributed by atoms with Crippen molar-refractivity contribution in [2.75, 3.05) is 6.61 Å². The van der Waals surface area contributed by atoms with Crippen LogP contribution in [0.25, 0.3) is 43.6 Å². The third-order valence-corrected chi connectivity index (χ3v) is 6.58. The quantitative estimate of drug-likeness (QED) is 0.123. The van der Waals surface area contributed by atoms with Gasteiger partial charge < -0.3 is 4.74 Å². The summed E-state index contributed by atoms with van der Waals surface area (Å²) in [6, 6.07) is 27.1. The van der Waals surface area contributed by atoms with E-state index in [2.05, 4.69) is 18.2 Å². The number of aryl methyl sites for hydroxylation is 2. The lowest BCUT2D eigenvalue weighted by molar-refractivity contribution is 0.0474. The highest BCUT2D eigenvalue weighted by Crippen LogP contribution is 2.34. The number of benzene rings is 5. The number of esters is 1. The molecule has 0 aliphatic carbocycles. The summed E-state index contributed by atoms with van der Waals surface area (Å²) in [5, 5.41) is 4.28. The molecule has 6 rings (SSSR count). The molecular weight excluding hydrogens is 448 g/mol. The van der Waals surface area contributed by atoms with Crippen molar-refractivity contribution < 1.29 is 14.3 Å². The zero-order valence-electron chi connectivity index (χ0n) is 19.9. The van der Waals surface area contributed by atoms with Gasteiger partial charge in [0.1, 0.15) is 0 Å². The first-order valence-electron chi connectivity index (χ1n) is 11.8. The van der Waals surface area contributed by atoms with Crippen LogP contribution in [0.5, 0.6) is 0 Å². The van der Waals surface area contributed by atoms with E-state index in [0.29, 0.717) is 22.2 Å². The Morgan fingerprint density at radius 2 is 1.31 bits per heavy atom. The maximum absolute atomic E-state index is 12.8. The summed E-state index contributed by atoms with van der Waals surface area (Å²) in [4.78, 5) is 35.3. The van der Waals surface area contributed by atoms with E-state index in [4.69, 9.17) is 14.7 Å². The molecule has 6 aromatic rings. The van der Waals surface area contributed by atoms with Crippen LogP contribution in [-0.2, 0) is 4.74 Å². The zero-order valence-corrected chi connectivity index (χ0v) is 19.9. The first kappa shape index (κ1) is 21.9. The molecule has 0 spiro atoms. The van der Waals surface area contributed by atoms with E-state index in [1.54, 1.807) is 18.2 Å². The molecule has 36 heavy (non-hydrogen) atoms. The second-order valence-corrected chi connectivity index (χ2v) is 9.03. The van der Waals surface area contributed by atoms with Crippen molar-refractivity contribution in [2.45, 2.75) is 13.8 Å². The number of fused-ring (bicyclic) bond motifs is 7. The number of ether oxygens (including phenoxy) is 1. The second-order valence-electron chi connectivity index (χ2n) is 9.03. The fourth-order valence-corrected chi connectivity index (χ4v) is 4.73. The van der Waals surface area contributed by atoms with Gasteiger partial charge >= 0.3 is 5.97 Å². The molecule has 174 valence electrons. The Balaban J connectivity index is 1.38. The molecule has 0 N–H and O–H groups in total. The van der Waals surface area contributed by atoms with Crippen molar-refractivity contribution in [3.8, 4) is 0 Å². The number of hydrogen-bond acceptors (Lipinski definition) is 5. The number of ketones is 1. The SMILES string of the molecule is Cc1ccc(C)c(C(=O)COC(=O)c2ccc3nc4c5ccccc5c5ccccc5c4nc3c2)c1. The maximum Gasteiger partial charge on any atom is 0.338 e. The van der Waals surface area contributed by atoms with Crippen molar-refractivity contribution in [2.24, 2.45) is 0 Å². The van der Waals surface area contributed by atoms with Gasteiger partial charge in [-0.25, -0.2) is 14.8 Å². The van der Waals surface area contributed by atoms with Gasteiger partial charge in [-0.1, -0.05) is 66.2 Å². The minimum Gasteiger partial charge on any atom is -0.454 e. The topological polar surface area (TPSA) is 69.2 Å². The third kappa shape index (κ3) is 3.66. The van der Waals surface area contributed by atoms with Gasteiger partial charge in [0.05, 0.1) is 27.6 Å². The lowest BCUT2D eigenvalue weighted by Gasteiger charge is -2.11. The molecule has 0 bridgehead atoms. The lowest BCUT2D eigenvalue weighted by atomic mass is 9.99. The summed E-state index contributed by atoms with van der Waals surface area (Å²) in [5.74, 6) is -0.796. The van der Waals surface area contributed by atoms with Crippen LogP contribution in [-0.4, -0.2) is 28.3 Å². The van der Waals surface area contributed by atoms with Gasteiger partial charge in [0.25, 0.3) is 0 Å². The average Bonchev–Trinajstić information content (AvgIpc) is 2.91. The molecule has 5 nitrogen and oxygen atoms in total. The minimum absolute atomic E-state index is 0.227. The number of carbonyl (C=O) groups excluding carboxylic acids is 2. The molecule has 0 atom stereocenters. The molecule has 0 aliphatic rings.